The molecule has 15 heavy (non-hydrogen) atoms. The molecule has 4 nitrogen and oxygen atoms in total. The molecule has 0 aliphatic heterocycles. The summed E-state index contributed by atoms with van der Waals surface area (Å²) in [6.45, 7) is 9.49. The molecule has 0 aromatic heterocycles. The average molecular weight is 230 g/mol. The van der Waals surface area contributed by atoms with Crippen molar-refractivity contribution >= 4 is 10.0 Å². The molecule has 0 aromatic rings. The summed E-state index contributed by atoms with van der Waals surface area (Å²) in [5.74, 6) is 0. The highest BCUT2D eigenvalue weighted by atomic mass is 32.2. The topological polar surface area (TPSA) is 70.0 Å². The van der Waals surface area contributed by atoms with Gasteiger partial charge >= 0.3 is 0 Å². The summed E-state index contributed by atoms with van der Waals surface area (Å²) in [6, 6.07) is 1.66. The van der Waals surface area contributed by atoms with Crippen LogP contribution in [-0.2, 0) is 10.0 Å². The fraction of sp³-hybridized carbons (Fsp3) is 0.900. The van der Waals surface area contributed by atoms with Gasteiger partial charge < -0.3 is 0 Å². The van der Waals surface area contributed by atoms with E-state index >= 15 is 0 Å². The summed E-state index contributed by atoms with van der Waals surface area (Å²) < 4.78 is 25.9. The van der Waals surface area contributed by atoms with Crippen LogP contribution in [0.5, 0.6) is 0 Å². The van der Waals surface area contributed by atoms with Crippen molar-refractivity contribution in [3.05, 3.63) is 0 Å². The van der Waals surface area contributed by atoms with Gasteiger partial charge in [-0.15, -0.1) is 0 Å². The van der Waals surface area contributed by atoms with Crippen LogP contribution >= 0.6 is 0 Å². The first-order valence-electron chi connectivity index (χ1n) is 4.98. The molecule has 1 aliphatic rings. The van der Waals surface area contributed by atoms with Gasteiger partial charge in [-0.3, -0.25) is 0 Å². The highest BCUT2D eigenvalue weighted by molar-refractivity contribution is 7.90. The van der Waals surface area contributed by atoms with E-state index in [-0.39, 0.29) is 16.9 Å². The monoisotopic (exact) mass is 230 g/mol. The van der Waals surface area contributed by atoms with Crippen molar-refractivity contribution in [1.29, 1.82) is 5.26 Å². The van der Waals surface area contributed by atoms with Crippen LogP contribution in [0.25, 0.3) is 0 Å². The molecular formula is C10H18N2O2S. The smallest absolute Gasteiger partial charge is 0.211 e. The van der Waals surface area contributed by atoms with E-state index in [1.165, 1.54) is 6.92 Å². The van der Waals surface area contributed by atoms with Gasteiger partial charge in [0.05, 0.1) is 6.07 Å². The van der Waals surface area contributed by atoms with E-state index in [0.29, 0.717) is 0 Å². The largest absolute Gasteiger partial charge is 0.227 e. The van der Waals surface area contributed by atoms with Crippen molar-refractivity contribution < 1.29 is 8.42 Å². The third-order valence-corrected chi connectivity index (χ3v) is 5.55. The quantitative estimate of drug-likeness (QED) is 0.793. The van der Waals surface area contributed by atoms with Crippen molar-refractivity contribution in [3.8, 4) is 6.07 Å². The van der Waals surface area contributed by atoms with Gasteiger partial charge in [0.1, 0.15) is 0 Å². The second kappa shape index (κ2) is 3.19. The third-order valence-electron chi connectivity index (χ3n) is 3.95. The normalized spacial score (nSPS) is 25.6. The molecule has 0 radical (unpaired) electrons. The fourth-order valence-electron chi connectivity index (χ4n) is 1.83. The molecular weight excluding hydrogens is 212 g/mol. The molecule has 1 unspecified atom stereocenters. The van der Waals surface area contributed by atoms with Crippen LogP contribution in [0.1, 0.15) is 34.6 Å². The maximum atomic E-state index is 11.7. The first kappa shape index (κ1) is 12.5. The summed E-state index contributed by atoms with van der Waals surface area (Å²) in [4.78, 5) is 0. The second-order valence-electron chi connectivity index (χ2n) is 5.31. The fourth-order valence-corrected chi connectivity index (χ4v) is 3.09. The number of nitrogens with zero attached hydrogens (tertiary/aromatic N) is 1. The van der Waals surface area contributed by atoms with Gasteiger partial charge in [-0.25, -0.2) is 13.1 Å². The molecule has 1 fully saturated rings. The molecule has 0 heterocycles. The molecule has 0 aromatic carbocycles. The summed E-state index contributed by atoms with van der Waals surface area (Å²) in [6.07, 6.45) is 0. The minimum absolute atomic E-state index is 0.0464. The minimum Gasteiger partial charge on any atom is -0.211 e. The molecule has 0 amide bonds. The summed E-state index contributed by atoms with van der Waals surface area (Å²) in [5.41, 5.74) is -0.0928. The van der Waals surface area contributed by atoms with Crippen molar-refractivity contribution in [1.82, 2.24) is 4.72 Å². The van der Waals surface area contributed by atoms with Gasteiger partial charge in [-0.1, -0.05) is 27.7 Å². The molecule has 1 saturated carbocycles. The van der Waals surface area contributed by atoms with Gasteiger partial charge in [0.15, 0.2) is 5.25 Å². The molecule has 1 atom stereocenters. The maximum Gasteiger partial charge on any atom is 0.227 e. The van der Waals surface area contributed by atoms with E-state index in [0.717, 1.165) is 0 Å². The van der Waals surface area contributed by atoms with E-state index < -0.39 is 15.3 Å². The second-order valence-corrected chi connectivity index (χ2v) is 7.34. The van der Waals surface area contributed by atoms with Crippen LogP contribution in [-0.4, -0.2) is 19.7 Å². The highest BCUT2D eigenvalue weighted by Gasteiger charge is 2.66. The SMILES string of the molecule is CC(C#N)S(=O)(=O)NC1C(C)(C)C1(C)C. The van der Waals surface area contributed by atoms with Crippen LogP contribution in [0.4, 0.5) is 0 Å². The van der Waals surface area contributed by atoms with E-state index in [1.807, 2.05) is 27.7 Å². The van der Waals surface area contributed by atoms with Gasteiger partial charge in [0.25, 0.3) is 0 Å². The molecule has 0 bridgehead atoms. The Morgan fingerprint density at radius 1 is 1.27 bits per heavy atom. The molecule has 1 aliphatic carbocycles. The van der Waals surface area contributed by atoms with Crippen molar-refractivity contribution in [2.24, 2.45) is 10.8 Å². The number of hydrogen-bond donors (Lipinski definition) is 1. The first-order valence-corrected chi connectivity index (χ1v) is 6.53. The van der Waals surface area contributed by atoms with Gasteiger partial charge in [-0.2, -0.15) is 5.26 Å². The Labute approximate surface area is 91.7 Å². The molecule has 1 rings (SSSR count). The number of nitrogens with one attached hydrogen (secondary N) is 1. The van der Waals surface area contributed by atoms with Gasteiger partial charge in [0, 0.05) is 6.04 Å². The van der Waals surface area contributed by atoms with Crippen molar-refractivity contribution in [2.75, 3.05) is 0 Å². The Morgan fingerprint density at radius 3 is 1.93 bits per heavy atom. The third kappa shape index (κ3) is 1.77. The summed E-state index contributed by atoms with van der Waals surface area (Å²) in [5, 5.41) is 7.60. The lowest BCUT2D eigenvalue weighted by Crippen LogP contribution is -2.36. The van der Waals surface area contributed by atoms with E-state index in [4.69, 9.17) is 5.26 Å². The molecule has 0 spiro atoms. The van der Waals surface area contributed by atoms with E-state index in [2.05, 4.69) is 4.72 Å². The predicted octanol–water partition coefficient (Wildman–Crippen LogP) is 1.25. The Morgan fingerprint density at radius 2 is 1.67 bits per heavy atom. The standard InChI is InChI=1S/C10H18N2O2S/c1-7(6-11)15(13,14)12-8-9(2,3)10(8,4)5/h7-8,12H,1-5H3. The van der Waals surface area contributed by atoms with Crippen molar-refractivity contribution in [3.63, 3.8) is 0 Å². The van der Waals surface area contributed by atoms with Crippen molar-refractivity contribution in [2.45, 2.75) is 45.9 Å². The molecule has 0 saturated heterocycles. The van der Waals surface area contributed by atoms with Crippen LogP contribution < -0.4 is 4.72 Å². The highest BCUT2D eigenvalue weighted by Crippen LogP contribution is 2.62. The lowest BCUT2D eigenvalue weighted by Gasteiger charge is -2.09. The molecule has 1 N–H and O–H groups in total. The number of sulfonamides is 1. The lowest BCUT2D eigenvalue weighted by molar-refractivity contribution is 0.457. The zero-order chi connectivity index (χ0) is 12.1. The van der Waals surface area contributed by atoms with Crippen LogP contribution in [0.15, 0.2) is 0 Å². The summed E-state index contributed by atoms with van der Waals surface area (Å²) >= 11 is 0. The van der Waals surface area contributed by atoms with Crippen LogP contribution in [0.2, 0.25) is 0 Å². The Bertz CT molecular complexity index is 390. The summed E-state index contributed by atoms with van der Waals surface area (Å²) in [7, 11) is -3.50. The Balaban J connectivity index is 2.81. The zero-order valence-corrected chi connectivity index (χ0v) is 10.6. The zero-order valence-electron chi connectivity index (χ0n) is 9.83. The number of hydrogen-bond acceptors (Lipinski definition) is 3. The Hall–Kier alpha value is -0.600. The maximum absolute atomic E-state index is 11.7. The lowest BCUT2D eigenvalue weighted by atomic mass is 10.0. The van der Waals surface area contributed by atoms with E-state index in [9.17, 15) is 8.42 Å². The van der Waals surface area contributed by atoms with Gasteiger partial charge in [-0.05, 0) is 17.8 Å². The predicted molar refractivity (Wildman–Crippen MR) is 58.5 cm³/mol. The van der Waals surface area contributed by atoms with E-state index in [1.54, 1.807) is 6.07 Å². The average Bonchev–Trinajstić information content (AvgIpc) is 2.46. The number of rotatable bonds is 3. The first-order chi connectivity index (χ1) is 6.57. The Kier molecular flexibility index (Phi) is 2.65. The van der Waals surface area contributed by atoms with Gasteiger partial charge in [0.2, 0.25) is 10.0 Å². The molecule has 5 heteroatoms. The number of nitriles is 1. The molecule has 86 valence electrons. The minimum atomic E-state index is -3.50. The van der Waals surface area contributed by atoms with Crippen LogP contribution in [0, 0.1) is 22.2 Å². The van der Waals surface area contributed by atoms with Crippen LogP contribution in [0.3, 0.4) is 0 Å².